The molecule has 0 radical (unpaired) electrons. The molecular weight excluding hydrogens is 392 g/mol. The number of fused-ring (bicyclic) bond motifs is 1. The number of aryl methyl sites for hydroxylation is 2. The molecule has 4 aromatic rings. The lowest BCUT2D eigenvalue weighted by Crippen LogP contribution is -2.11. The number of sulfonamides is 1. The van der Waals surface area contributed by atoms with E-state index in [1.54, 1.807) is 23.5 Å². The third-order valence-corrected chi connectivity index (χ3v) is 6.39. The third-order valence-electron chi connectivity index (χ3n) is 4.45. The van der Waals surface area contributed by atoms with E-state index in [2.05, 4.69) is 53.4 Å². The predicted octanol–water partition coefficient (Wildman–Crippen LogP) is 4.37. The van der Waals surface area contributed by atoms with Crippen molar-refractivity contribution in [1.29, 1.82) is 0 Å². The van der Waals surface area contributed by atoms with Crippen molar-refractivity contribution >= 4 is 43.1 Å². The topological polar surface area (TPSA) is 98.0 Å². The van der Waals surface area contributed by atoms with Gasteiger partial charge in [0.2, 0.25) is 10.0 Å². The van der Waals surface area contributed by atoms with Crippen LogP contribution in [0.25, 0.3) is 21.3 Å². The summed E-state index contributed by atoms with van der Waals surface area (Å²) in [4.78, 5) is 11.0. The molecule has 142 valence electrons. The van der Waals surface area contributed by atoms with Gasteiger partial charge in [0.15, 0.2) is 0 Å². The Morgan fingerprint density at radius 1 is 0.964 bits per heavy atom. The first-order valence-electron chi connectivity index (χ1n) is 8.54. The monoisotopic (exact) mass is 410 g/mol. The maximum atomic E-state index is 11.4. The first-order valence-corrected chi connectivity index (χ1v) is 10.9. The summed E-state index contributed by atoms with van der Waals surface area (Å²) >= 11 is 1.62. The van der Waals surface area contributed by atoms with Crippen LogP contribution in [0.4, 0.5) is 11.5 Å². The van der Waals surface area contributed by atoms with Crippen LogP contribution in [0.1, 0.15) is 10.4 Å². The van der Waals surface area contributed by atoms with Gasteiger partial charge in [0.05, 0.1) is 10.3 Å². The molecular formula is C20H18N4O2S2. The highest BCUT2D eigenvalue weighted by Gasteiger charge is 2.17. The van der Waals surface area contributed by atoms with Crippen LogP contribution < -0.4 is 10.5 Å². The average Bonchev–Trinajstić information content (AvgIpc) is 2.99. The van der Waals surface area contributed by atoms with E-state index in [0.717, 1.165) is 26.2 Å². The molecule has 2 aromatic carbocycles. The van der Waals surface area contributed by atoms with Crippen molar-refractivity contribution in [2.24, 2.45) is 5.14 Å². The Morgan fingerprint density at radius 3 is 2.29 bits per heavy atom. The minimum absolute atomic E-state index is 0.0672. The van der Waals surface area contributed by atoms with Crippen LogP contribution in [0.2, 0.25) is 0 Å². The number of hydrogen-bond acceptors (Lipinski definition) is 6. The van der Waals surface area contributed by atoms with Gasteiger partial charge < -0.3 is 5.32 Å². The zero-order valence-electron chi connectivity index (χ0n) is 15.3. The van der Waals surface area contributed by atoms with Crippen molar-refractivity contribution < 1.29 is 8.42 Å². The highest BCUT2D eigenvalue weighted by Crippen LogP contribution is 2.41. The quantitative estimate of drug-likeness (QED) is 0.521. The Kier molecular flexibility index (Phi) is 4.62. The van der Waals surface area contributed by atoms with Crippen LogP contribution in [-0.4, -0.2) is 18.4 Å². The molecule has 0 atom stereocenters. The number of aromatic nitrogens is 2. The van der Waals surface area contributed by atoms with Gasteiger partial charge >= 0.3 is 0 Å². The van der Waals surface area contributed by atoms with Gasteiger partial charge in [0.1, 0.15) is 17.0 Å². The fraction of sp³-hybridized carbons (Fsp3) is 0.100. The van der Waals surface area contributed by atoms with Gasteiger partial charge in [0.25, 0.3) is 0 Å². The number of nitrogens with two attached hydrogens (primary N) is 1. The van der Waals surface area contributed by atoms with Gasteiger partial charge in [-0.05, 0) is 43.7 Å². The fourth-order valence-electron chi connectivity index (χ4n) is 3.07. The molecule has 0 saturated carbocycles. The molecule has 0 aliphatic heterocycles. The molecule has 0 aliphatic carbocycles. The van der Waals surface area contributed by atoms with Crippen molar-refractivity contribution in [3.63, 3.8) is 0 Å². The number of thiophene rings is 1. The molecule has 8 heteroatoms. The lowest BCUT2D eigenvalue weighted by Gasteiger charge is -2.10. The van der Waals surface area contributed by atoms with Crippen molar-refractivity contribution in [2.45, 2.75) is 18.7 Å². The van der Waals surface area contributed by atoms with Crippen LogP contribution in [0.3, 0.4) is 0 Å². The van der Waals surface area contributed by atoms with Crippen molar-refractivity contribution in [3.05, 3.63) is 65.3 Å². The van der Waals surface area contributed by atoms with E-state index >= 15 is 0 Å². The van der Waals surface area contributed by atoms with Crippen LogP contribution in [0.15, 0.2) is 59.8 Å². The Balaban J connectivity index is 1.81. The second-order valence-electron chi connectivity index (χ2n) is 6.50. The minimum Gasteiger partial charge on any atom is -0.340 e. The summed E-state index contributed by atoms with van der Waals surface area (Å²) in [5, 5.41) is 9.39. The average molecular weight is 411 g/mol. The highest BCUT2D eigenvalue weighted by molar-refractivity contribution is 7.89. The van der Waals surface area contributed by atoms with Gasteiger partial charge in [0, 0.05) is 16.1 Å². The fourth-order valence-corrected chi connectivity index (χ4v) is 4.60. The largest absolute Gasteiger partial charge is 0.340 e. The lowest BCUT2D eigenvalue weighted by atomic mass is 10.0. The Morgan fingerprint density at radius 2 is 1.64 bits per heavy atom. The van der Waals surface area contributed by atoms with E-state index in [-0.39, 0.29) is 4.90 Å². The summed E-state index contributed by atoms with van der Waals surface area (Å²) in [6.45, 7) is 4.13. The second-order valence-corrected chi connectivity index (χ2v) is 9.26. The number of nitrogens with one attached hydrogen (secondary N) is 1. The van der Waals surface area contributed by atoms with Gasteiger partial charge in [-0.3, -0.25) is 0 Å². The minimum atomic E-state index is -3.72. The molecule has 4 rings (SSSR count). The number of primary sulfonamides is 1. The molecule has 0 unspecified atom stereocenters. The van der Waals surface area contributed by atoms with Crippen molar-refractivity contribution in [2.75, 3.05) is 5.32 Å². The molecule has 0 spiro atoms. The number of anilines is 2. The van der Waals surface area contributed by atoms with Gasteiger partial charge in [-0.15, -0.1) is 11.3 Å². The van der Waals surface area contributed by atoms with Crippen LogP contribution in [-0.2, 0) is 10.0 Å². The number of rotatable bonds is 4. The van der Waals surface area contributed by atoms with Crippen LogP contribution in [0.5, 0.6) is 0 Å². The van der Waals surface area contributed by atoms with Crippen LogP contribution in [0, 0.1) is 13.8 Å². The Labute approximate surface area is 167 Å². The van der Waals surface area contributed by atoms with E-state index in [1.165, 1.54) is 24.0 Å². The van der Waals surface area contributed by atoms with E-state index in [1.807, 2.05) is 0 Å². The summed E-state index contributed by atoms with van der Waals surface area (Å²) in [6.07, 6.45) is 1.53. The van der Waals surface area contributed by atoms with E-state index < -0.39 is 10.0 Å². The molecule has 2 aromatic heterocycles. The third kappa shape index (κ3) is 3.49. The first kappa shape index (κ1) is 18.5. The van der Waals surface area contributed by atoms with Crippen molar-refractivity contribution in [1.82, 2.24) is 9.97 Å². The molecule has 0 amide bonds. The van der Waals surface area contributed by atoms with Gasteiger partial charge in [-0.25, -0.2) is 23.5 Å². The predicted molar refractivity (Wildman–Crippen MR) is 113 cm³/mol. The molecule has 0 fully saturated rings. The molecule has 0 saturated heterocycles. The zero-order valence-corrected chi connectivity index (χ0v) is 16.9. The normalized spacial score (nSPS) is 11.7. The molecule has 0 aliphatic rings. The maximum Gasteiger partial charge on any atom is 0.238 e. The summed E-state index contributed by atoms with van der Waals surface area (Å²) in [6, 6.07) is 14.6. The second kappa shape index (κ2) is 6.97. The highest BCUT2D eigenvalue weighted by atomic mass is 32.2. The van der Waals surface area contributed by atoms with Crippen molar-refractivity contribution in [3.8, 4) is 11.1 Å². The summed E-state index contributed by atoms with van der Waals surface area (Å²) in [5.74, 6) is 0.674. The van der Waals surface area contributed by atoms with E-state index in [4.69, 9.17) is 5.14 Å². The van der Waals surface area contributed by atoms with Gasteiger partial charge in [-0.2, -0.15) is 0 Å². The smallest absolute Gasteiger partial charge is 0.238 e. The zero-order chi connectivity index (χ0) is 19.9. The molecule has 28 heavy (non-hydrogen) atoms. The van der Waals surface area contributed by atoms with Gasteiger partial charge in [-0.1, -0.05) is 29.8 Å². The molecule has 3 N–H and O–H groups in total. The number of nitrogens with zero attached hydrogens (tertiary/aromatic N) is 2. The Hall–Kier alpha value is -2.81. The molecule has 2 heterocycles. The standard InChI is InChI=1S/C20H18N4O2S2/c1-12-3-5-14(6-4-12)17-13(2)27-20-18(17)19(22-11-23-20)24-15-7-9-16(10-8-15)28(21,25)26/h3-11H,1-2H3,(H2,21,25,26)(H,22,23,24). The summed E-state index contributed by atoms with van der Waals surface area (Å²) in [5.41, 5.74) is 4.12. The number of benzene rings is 2. The summed E-state index contributed by atoms with van der Waals surface area (Å²) < 4.78 is 22.9. The van der Waals surface area contributed by atoms with Crippen LogP contribution >= 0.6 is 11.3 Å². The molecule has 6 nitrogen and oxygen atoms in total. The summed E-state index contributed by atoms with van der Waals surface area (Å²) in [7, 11) is -3.72. The molecule has 0 bridgehead atoms. The van der Waals surface area contributed by atoms with E-state index in [0.29, 0.717) is 11.5 Å². The first-order chi connectivity index (χ1) is 13.3. The van der Waals surface area contributed by atoms with E-state index in [9.17, 15) is 8.42 Å². The SMILES string of the molecule is Cc1ccc(-c2c(C)sc3ncnc(Nc4ccc(S(N)(=O)=O)cc4)c23)cc1. The Bertz CT molecular complexity index is 1260. The lowest BCUT2D eigenvalue weighted by molar-refractivity contribution is 0.598. The maximum absolute atomic E-state index is 11.4. The number of hydrogen-bond donors (Lipinski definition) is 2.